The van der Waals surface area contributed by atoms with Crippen LogP contribution < -0.4 is 10.1 Å². The molecule has 0 spiro atoms. The van der Waals surface area contributed by atoms with Crippen LogP contribution >= 0.6 is 22.3 Å². The number of nitrogens with one attached hydrogen (secondary N) is 1. The van der Waals surface area contributed by atoms with Gasteiger partial charge in [-0.25, -0.2) is 8.42 Å². The maximum absolute atomic E-state index is 11.5. The van der Waals surface area contributed by atoms with Gasteiger partial charge in [0.2, 0.25) is 0 Å². The van der Waals surface area contributed by atoms with Crippen LogP contribution in [0.1, 0.15) is 12.8 Å². The number of amides is 1. The van der Waals surface area contributed by atoms with E-state index in [1.807, 2.05) is 0 Å². The molecule has 1 fully saturated rings. The zero-order chi connectivity index (χ0) is 14.8. The van der Waals surface area contributed by atoms with Gasteiger partial charge < -0.3 is 10.1 Å². The second-order valence-electron chi connectivity index (χ2n) is 4.57. The highest BCUT2D eigenvalue weighted by molar-refractivity contribution is 8.13. The summed E-state index contributed by atoms with van der Waals surface area (Å²) in [4.78, 5) is 11.3. The Morgan fingerprint density at radius 3 is 2.70 bits per heavy atom. The molecule has 0 aliphatic heterocycles. The molecule has 20 heavy (non-hydrogen) atoms. The van der Waals surface area contributed by atoms with Gasteiger partial charge in [-0.05, 0) is 37.0 Å². The highest BCUT2D eigenvalue weighted by Gasteiger charge is 2.22. The Kier molecular flexibility index (Phi) is 4.78. The van der Waals surface area contributed by atoms with Crippen molar-refractivity contribution in [2.24, 2.45) is 5.92 Å². The minimum Gasteiger partial charge on any atom is -0.482 e. The van der Waals surface area contributed by atoms with Crippen LogP contribution in [0, 0.1) is 5.92 Å². The first-order valence-corrected chi connectivity index (χ1v) is 8.68. The average Bonchev–Trinajstić information content (AvgIpc) is 3.17. The van der Waals surface area contributed by atoms with Crippen LogP contribution in [-0.4, -0.2) is 27.5 Å². The van der Waals surface area contributed by atoms with Crippen LogP contribution in [0.3, 0.4) is 0 Å². The van der Waals surface area contributed by atoms with Crippen LogP contribution in [-0.2, 0) is 13.8 Å². The van der Waals surface area contributed by atoms with Crippen molar-refractivity contribution in [3.05, 3.63) is 23.2 Å². The molecular weight excluding hydrogens is 325 g/mol. The molecule has 1 aromatic rings. The molecule has 1 aromatic carbocycles. The number of carbonyl (C=O) groups excluding carboxylic acids is 1. The maximum Gasteiger partial charge on any atom is 0.265 e. The van der Waals surface area contributed by atoms with Crippen molar-refractivity contribution in [1.29, 1.82) is 0 Å². The van der Waals surface area contributed by atoms with E-state index in [4.69, 9.17) is 27.0 Å². The van der Waals surface area contributed by atoms with E-state index in [1.165, 1.54) is 18.2 Å². The first-order chi connectivity index (χ1) is 9.36. The zero-order valence-electron chi connectivity index (χ0n) is 10.4. The summed E-state index contributed by atoms with van der Waals surface area (Å²) in [5.74, 6) is 0.268. The van der Waals surface area contributed by atoms with Crippen LogP contribution in [0.5, 0.6) is 5.75 Å². The zero-order valence-corrected chi connectivity index (χ0v) is 12.8. The number of hydrogen-bond donors (Lipinski definition) is 1. The molecule has 0 radical (unpaired) electrons. The lowest BCUT2D eigenvalue weighted by Crippen LogP contribution is -2.30. The maximum atomic E-state index is 11.5. The minimum absolute atomic E-state index is 0.00553. The summed E-state index contributed by atoms with van der Waals surface area (Å²) in [6, 6.07) is 4.01. The highest BCUT2D eigenvalue weighted by atomic mass is 35.7. The molecule has 8 heteroatoms. The van der Waals surface area contributed by atoms with Crippen LogP contribution in [0.15, 0.2) is 23.1 Å². The molecule has 5 nitrogen and oxygen atoms in total. The van der Waals surface area contributed by atoms with Gasteiger partial charge in [0.25, 0.3) is 15.0 Å². The van der Waals surface area contributed by atoms with E-state index < -0.39 is 9.05 Å². The average molecular weight is 338 g/mol. The van der Waals surface area contributed by atoms with Gasteiger partial charge in [0.05, 0.1) is 0 Å². The third-order valence-corrected chi connectivity index (χ3v) is 4.39. The van der Waals surface area contributed by atoms with E-state index in [-0.39, 0.29) is 28.2 Å². The monoisotopic (exact) mass is 337 g/mol. The Morgan fingerprint density at radius 1 is 1.40 bits per heavy atom. The predicted octanol–water partition coefficient (Wildman–Crippen LogP) is 2.17. The molecule has 1 aliphatic rings. The lowest BCUT2D eigenvalue weighted by Gasteiger charge is -2.10. The summed E-state index contributed by atoms with van der Waals surface area (Å²) >= 11 is 5.72. The fourth-order valence-electron chi connectivity index (χ4n) is 1.57. The molecule has 1 N–H and O–H groups in total. The Bertz CT molecular complexity index is 614. The van der Waals surface area contributed by atoms with E-state index in [0.717, 1.165) is 12.8 Å². The van der Waals surface area contributed by atoms with Gasteiger partial charge in [-0.3, -0.25) is 4.79 Å². The number of carbonyl (C=O) groups is 1. The Hall–Kier alpha value is -0.980. The molecule has 1 amide bonds. The molecule has 0 atom stereocenters. The lowest BCUT2D eigenvalue weighted by atomic mass is 10.3. The Labute approximate surface area is 126 Å². The largest absolute Gasteiger partial charge is 0.482 e. The number of hydrogen-bond acceptors (Lipinski definition) is 4. The van der Waals surface area contributed by atoms with Gasteiger partial charge in [0, 0.05) is 22.2 Å². The van der Waals surface area contributed by atoms with Gasteiger partial charge in [0.1, 0.15) is 10.6 Å². The van der Waals surface area contributed by atoms with Gasteiger partial charge in [-0.1, -0.05) is 11.6 Å². The second-order valence-corrected chi connectivity index (χ2v) is 7.54. The summed E-state index contributed by atoms with van der Waals surface area (Å²) < 4.78 is 28.0. The summed E-state index contributed by atoms with van der Waals surface area (Å²) in [5, 5.41) is 2.93. The fraction of sp³-hybridized carbons (Fsp3) is 0.417. The van der Waals surface area contributed by atoms with Crippen LogP contribution in [0.25, 0.3) is 0 Å². The molecular formula is C12H13Cl2NO4S. The Balaban J connectivity index is 1.99. The predicted molar refractivity (Wildman–Crippen MR) is 75.7 cm³/mol. The summed E-state index contributed by atoms with van der Waals surface area (Å²) in [6.45, 7) is 0.358. The Morgan fingerprint density at radius 2 is 2.10 bits per heavy atom. The van der Waals surface area contributed by atoms with Crippen molar-refractivity contribution in [2.45, 2.75) is 17.7 Å². The van der Waals surface area contributed by atoms with E-state index in [0.29, 0.717) is 12.5 Å². The van der Waals surface area contributed by atoms with Crippen molar-refractivity contribution in [3.63, 3.8) is 0 Å². The standard InChI is InChI=1S/C12H13Cl2NO4S/c13-9-3-4-10(11(5-9)20(14,17)18)19-7-12(16)15-6-8-1-2-8/h3-5,8H,1-2,6-7H2,(H,15,16). The summed E-state index contributed by atoms with van der Waals surface area (Å²) in [5.41, 5.74) is 0. The van der Waals surface area contributed by atoms with Crippen LogP contribution in [0.4, 0.5) is 0 Å². The van der Waals surface area contributed by atoms with E-state index in [1.54, 1.807) is 0 Å². The van der Waals surface area contributed by atoms with E-state index >= 15 is 0 Å². The van der Waals surface area contributed by atoms with Crippen molar-refractivity contribution in [1.82, 2.24) is 5.32 Å². The lowest BCUT2D eigenvalue weighted by molar-refractivity contribution is -0.123. The van der Waals surface area contributed by atoms with Crippen molar-refractivity contribution < 1.29 is 17.9 Å². The number of benzene rings is 1. The van der Waals surface area contributed by atoms with E-state index in [9.17, 15) is 13.2 Å². The SMILES string of the molecule is O=C(COc1ccc(Cl)cc1S(=O)(=O)Cl)NCC1CC1. The minimum atomic E-state index is -3.99. The van der Waals surface area contributed by atoms with Gasteiger partial charge in [-0.15, -0.1) is 0 Å². The molecule has 2 rings (SSSR count). The molecule has 0 aromatic heterocycles. The van der Waals surface area contributed by atoms with Crippen molar-refractivity contribution in [3.8, 4) is 5.75 Å². The molecule has 1 aliphatic carbocycles. The quantitative estimate of drug-likeness (QED) is 0.807. The molecule has 0 heterocycles. The van der Waals surface area contributed by atoms with Crippen LogP contribution in [0.2, 0.25) is 5.02 Å². The molecule has 0 unspecified atom stereocenters. The number of rotatable bonds is 6. The first kappa shape index (κ1) is 15.4. The third kappa shape index (κ3) is 4.54. The molecule has 0 bridgehead atoms. The smallest absolute Gasteiger partial charge is 0.265 e. The molecule has 0 saturated heterocycles. The van der Waals surface area contributed by atoms with Gasteiger partial charge in [0.15, 0.2) is 6.61 Å². The molecule has 1 saturated carbocycles. The summed E-state index contributed by atoms with van der Waals surface area (Å²) in [6.07, 6.45) is 2.26. The van der Waals surface area contributed by atoms with Gasteiger partial charge >= 0.3 is 0 Å². The van der Waals surface area contributed by atoms with E-state index in [2.05, 4.69) is 5.32 Å². The molecule has 110 valence electrons. The number of ether oxygens (including phenoxy) is 1. The summed E-state index contributed by atoms with van der Waals surface area (Å²) in [7, 11) is 1.31. The van der Waals surface area contributed by atoms with Gasteiger partial charge in [-0.2, -0.15) is 0 Å². The highest BCUT2D eigenvalue weighted by Crippen LogP contribution is 2.30. The third-order valence-electron chi connectivity index (χ3n) is 2.81. The van der Waals surface area contributed by atoms with Crippen molar-refractivity contribution >= 4 is 37.2 Å². The topological polar surface area (TPSA) is 72.5 Å². The fourth-order valence-corrected chi connectivity index (χ4v) is 2.80. The second kappa shape index (κ2) is 6.20. The van der Waals surface area contributed by atoms with Crippen molar-refractivity contribution in [2.75, 3.05) is 13.2 Å². The number of halogens is 2. The normalized spacial score (nSPS) is 14.9. The first-order valence-electron chi connectivity index (χ1n) is 6.00.